The molecule has 0 saturated carbocycles. The second-order valence-electron chi connectivity index (χ2n) is 5.88. The van der Waals surface area contributed by atoms with Gasteiger partial charge in [-0.2, -0.15) is 5.10 Å². The zero-order chi connectivity index (χ0) is 14.7. The molecule has 21 heavy (non-hydrogen) atoms. The quantitative estimate of drug-likeness (QED) is 0.929. The van der Waals surface area contributed by atoms with Crippen molar-refractivity contribution < 1.29 is 0 Å². The number of likely N-dealkylation sites (N-methyl/N-ethyl adjacent to an activating group) is 1. The number of likely N-dealkylation sites (tertiary alicyclic amines) is 1. The van der Waals surface area contributed by atoms with Gasteiger partial charge in [-0.3, -0.25) is 4.57 Å². The number of hydrogen-bond acceptors (Lipinski definition) is 3. The van der Waals surface area contributed by atoms with E-state index in [0.717, 1.165) is 31.8 Å². The molecule has 1 fully saturated rings. The zero-order valence-electron chi connectivity index (χ0n) is 12.5. The molecular weight excluding hydrogens is 264 g/mol. The molecule has 3 rings (SSSR count). The minimum Gasteiger partial charge on any atom is -0.306 e. The topological polar surface area (TPSA) is 53.9 Å². The van der Waals surface area contributed by atoms with Gasteiger partial charge in [0.25, 0.3) is 0 Å². The molecule has 1 atom stereocenters. The number of nitrogens with one attached hydrogen (secondary N) is 1. The molecule has 0 unspecified atom stereocenters. The Kier molecular flexibility index (Phi) is 4.20. The van der Waals surface area contributed by atoms with Crippen molar-refractivity contribution in [1.82, 2.24) is 19.7 Å². The van der Waals surface area contributed by atoms with Crippen LogP contribution in [0.5, 0.6) is 0 Å². The molecule has 1 N–H and O–H groups in total. The maximum absolute atomic E-state index is 12.0. The van der Waals surface area contributed by atoms with Crippen LogP contribution in [0.15, 0.2) is 35.1 Å². The van der Waals surface area contributed by atoms with Crippen LogP contribution in [0.2, 0.25) is 0 Å². The molecule has 2 heterocycles. The number of aromatic nitrogens is 3. The second-order valence-corrected chi connectivity index (χ2v) is 5.88. The summed E-state index contributed by atoms with van der Waals surface area (Å²) >= 11 is 0. The van der Waals surface area contributed by atoms with E-state index in [1.807, 2.05) is 22.8 Å². The van der Waals surface area contributed by atoms with Gasteiger partial charge in [0.05, 0.1) is 0 Å². The van der Waals surface area contributed by atoms with Crippen LogP contribution in [-0.4, -0.2) is 39.8 Å². The van der Waals surface area contributed by atoms with Crippen molar-refractivity contribution in [2.45, 2.75) is 31.7 Å². The lowest BCUT2D eigenvalue weighted by atomic mass is 9.97. The van der Waals surface area contributed by atoms with E-state index in [0.29, 0.717) is 12.5 Å². The lowest BCUT2D eigenvalue weighted by molar-refractivity contribution is 0.242. The van der Waals surface area contributed by atoms with Crippen LogP contribution in [0, 0.1) is 0 Å². The zero-order valence-corrected chi connectivity index (χ0v) is 12.5. The first kappa shape index (κ1) is 14.1. The highest BCUT2D eigenvalue weighted by molar-refractivity contribution is 5.14. The first-order valence-corrected chi connectivity index (χ1v) is 7.61. The van der Waals surface area contributed by atoms with Crippen LogP contribution in [-0.2, 0) is 13.0 Å². The number of aromatic amines is 1. The van der Waals surface area contributed by atoms with E-state index in [2.05, 4.69) is 34.3 Å². The molecule has 5 heteroatoms. The highest BCUT2D eigenvalue weighted by atomic mass is 16.1. The Morgan fingerprint density at radius 2 is 2.14 bits per heavy atom. The fraction of sp³-hybridized carbons (Fsp3) is 0.500. The van der Waals surface area contributed by atoms with E-state index in [-0.39, 0.29) is 5.69 Å². The molecule has 5 nitrogen and oxygen atoms in total. The van der Waals surface area contributed by atoms with Gasteiger partial charge in [0, 0.05) is 19.0 Å². The molecule has 1 saturated heterocycles. The van der Waals surface area contributed by atoms with Gasteiger partial charge in [-0.05, 0) is 38.4 Å². The van der Waals surface area contributed by atoms with Crippen LogP contribution >= 0.6 is 0 Å². The van der Waals surface area contributed by atoms with Gasteiger partial charge < -0.3 is 4.90 Å². The molecule has 0 bridgehead atoms. The minimum atomic E-state index is -0.0887. The Morgan fingerprint density at radius 3 is 2.90 bits per heavy atom. The maximum atomic E-state index is 12.0. The van der Waals surface area contributed by atoms with Gasteiger partial charge in [0.15, 0.2) is 0 Å². The molecule has 1 aromatic heterocycles. The molecule has 0 amide bonds. The van der Waals surface area contributed by atoms with Crippen molar-refractivity contribution in [2.75, 3.05) is 20.1 Å². The van der Waals surface area contributed by atoms with Crippen molar-refractivity contribution in [2.24, 2.45) is 0 Å². The predicted octanol–water partition coefficient (Wildman–Crippen LogP) is 1.62. The van der Waals surface area contributed by atoms with Crippen LogP contribution in [0.1, 0.15) is 30.1 Å². The maximum Gasteiger partial charge on any atom is 0.343 e. The summed E-state index contributed by atoms with van der Waals surface area (Å²) in [6.45, 7) is 2.81. The van der Waals surface area contributed by atoms with E-state index >= 15 is 0 Å². The van der Waals surface area contributed by atoms with Crippen LogP contribution in [0.4, 0.5) is 0 Å². The minimum absolute atomic E-state index is 0.0887. The van der Waals surface area contributed by atoms with Crippen molar-refractivity contribution in [3.63, 3.8) is 0 Å². The summed E-state index contributed by atoms with van der Waals surface area (Å²) in [5.41, 5.74) is 1.16. The van der Waals surface area contributed by atoms with Crippen LogP contribution in [0.25, 0.3) is 0 Å². The number of nitrogens with zero attached hydrogens (tertiary/aromatic N) is 3. The van der Waals surface area contributed by atoms with E-state index in [1.165, 1.54) is 12.0 Å². The average molecular weight is 286 g/mol. The Morgan fingerprint density at radius 1 is 1.33 bits per heavy atom. The molecule has 1 aliphatic heterocycles. The summed E-state index contributed by atoms with van der Waals surface area (Å²) in [7, 11) is 2.13. The highest BCUT2D eigenvalue weighted by Gasteiger charge is 2.24. The second kappa shape index (κ2) is 6.26. The molecule has 1 aliphatic rings. The lowest BCUT2D eigenvalue weighted by Gasteiger charge is -2.29. The van der Waals surface area contributed by atoms with Crippen LogP contribution in [0.3, 0.4) is 0 Å². The normalized spacial score (nSPS) is 19.8. The fourth-order valence-electron chi connectivity index (χ4n) is 3.12. The molecular formula is C16H22N4O. The van der Waals surface area contributed by atoms with Gasteiger partial charge in [-0.25, -0.2) is 9.89 Å². The number of piperidine rings is 1. The third kappa shape index (κ3) is 3.24. The summed E-state index contributed by atoms with van der Waals surface area (Å²) in [5, 5.41) is 6.91. The monoisotopic (exact) mass is 286 g/mol. The van der Waals surface area contributed by atoms with Gasteiger partial charge in [0.1, 0.15) is 5.82 Å². The van der Waals surface area contributed by atoms with Crippen LogP contribution < -0.4 is 5.69 Å². The number of aryl methyl sites for hydroxylation is 1. The molecule has 0 aliphatic carbocycles. The Balaban J connectivity index is 1.76. The van der Waals surface area contributed by atoms with Crippen molar-refractivity contribution in [1.29, 1.82) is 0 Å². The van der Waals surface area contributed by atoms with Gasteiger partial charge in [0.2, 0.25) is 0 Å². The predicted molar refractivity (Wildman–Crippen MR) is 82.5 cm³/mol. The SMILES string of the molecule is CN1CCC[C@@H](c2n[nH]c(=O)n2CCc2ccccc2)C1. The van der Waals surface area contributed by atoms with Gasteiger partial charge >= 0.3 is 5.69 Å². The van der Waals surface area contributed by atoms with E-state index < -0.39 is 0 Å². The Labute approximate surface area is 124 Å². The first-order chi connectivity index (χ1) is 10.2. The molecule has 112 valence electrons. The Hall–Kier alpha value is -1.88. The summed E-state index contributed by atoms with van der Waals surface area (Å²) in [5.74, 6) is 1.28. The molecule has 0 radical (unpaired) electrons. The summed E-state index contributed by atoms with van der Waals surface area (Å²) in [6.07, 6.45) is 3.14. The summed E-state index contributed by atoms with van der Waals surface area (Å²) in [4.78, 5) is 14.3. The van der Waals surface area contributed by atoms with Crippen molar-refractivity contribution in [3.05, 3.63) is 52.2 Å². The Bertz CT molecular complexity index is 631. The lowest BCUT2D eigenvalue weighted by Crippen LogP contribution is -2.33. The summed E-state index contributed by atoms with van der Waals surface area (Å²) < 4.78 is 1.82. The standard InChI is InChI=1S/C16H22N4O/c1-19-10-5-8-14(12-19)15-17-18-16(21)20(15)11-9-13-6-3-2-4-7-13/h2-4,6-7,14H,5,8-12H2,1H3,(H,18,21)/t14-/m1/s1. The number of rotatable bonds is 4. The molecule has 0 spiro atoms. The van der Waals surface area contributed by atoms with Gasteiger partial charge in [-0.15, -0.1) is 0 Å². The molecule has 2 aromatic rings. The fourth-order valence-corrected chi connectivity index (χ4v) is 3.12. The third-order valence-corrected chi connectivity index (χ3v) is 4.24. The largest absolute Gasteiger partial charge is 0.343 e. The van der Waals surface area contributed by atoms with E-state index in [1.54, 1.807) is 0 Å². The molecule has 1 aromatic carbocycles. The van der Waals surface area contributed by atoms with E-state index in [4.69, 9.17) is 0 Å². The highest BCUT2D eigenvalue weighted by Crippen LogP contribution is 2.23. The third-order valence-electron chi connectivity index (χ3n) is 4.24. The number of H-pyrrole nitrogens is 1. The van der Waals surface area contributed by atoms with Crippen molar-refractivity contribution >= 4 is 0 Å². The smallest absolute Gasteiger partial charge is 0.306 e. The number of hydrogen-bond donors (Lipinski definition) is 1. The summed E-state index contributed by atoms with van der Waals surface area (Å²) in [6, 6.07) is 10.3. The average Bonchev–Trinajstić information content (AvgIpc) is 2.87. The van der Waals surface area contributed by atoms with E-state index in [9.17, 15) is 4.79 Å². The van der Waals surface area contributed by atoms with Gasteiger partial charge in [-0.1, -0.05) is 30.3 Å². The van der Waals surface area contributed by atoms with Crippen molar-refractivity contribution in [3.8, 4) is 0 Å². The first-order valence-electron chi connectivity index (χ1n) is 7.61. The number of benzene rings is 1.